The minimum atomic E-state index is -0.298. The molecule has 1 saturated carbocycles. The fraction of sp³-hybridized carbons (Fsp3) is 0.294. The summed E-state index contributed by atoms with van der Waals surface area (Å²) in [6, 6.07) is 7.30. The van der Waals surface area contributed by atoms with Crippen molar-refractivity contribution in [1.29, 1.82) is 0 Å². The highest BCUT2D eigenvalue weighted by Crippen LogP contribution is 2.36. The number of nitrogens with zero attached hydrogens (tertiary/aromatic N) is 4. The van der Waals surface area contributed by atoms with Gasteiger partial charge in [-0.15, -0.1) is 0 Å². The quantitative estimate of drug-likeness (QED) is 0.797. The van der Waals surface area contributed by atoms with Crippen LogP contribution in [0.5, 0.6) is 0 Å². The molecule has 4 rings (SSSR count). The zero-order chi connectivity index (χ0) is 16.5. The molecule has 3 aromatic heterocycles. The van der Waals surface area contributed by atoms with E-state index in [-0.39, 0.29) is 5.91 Å². The lowest BCUT2D eigenvalue weighted by Gasteiger charge is -2.21. The number of hydrogen-bond acceptors (Lipinski definition) is 5. The predicted octanol–water partition coefficient (Wildman–Crippen LogP) is 2.99. The first-order valence-corrected chi connectivity index (χ1v) is 7.93. The van der Waals surface area contributed by atoms with Crippen molar-refractivity contribution in [3.05, 3.63) is 48.1 Å². The van der Waals surface area contributed by atoms with Gasteiger partial charge >= 0.3 is 0 Å². The Morgan fingerprint density at radius 2 is 2.08 bits per heavy atom. The number of hydrogen-bond donors (Lipinski definition) is 1. The SMILES string of the molecule is Cn1nc(-c2ccncc2)cc1NC(=O)c1cc(C2CCC2)on1. The van der Waals surface area contributed by atoms with E-state index in [0.29, 0.717) is 17.4 Å². The second-order valence-corrected chi connectivity index (χ2v) is 5.97. The fourth-order valence-electron chi connectivity index (χ4n) is 2.71. The molecule has 0 spiro atoms. The Morgan fingerprint density at radius 1 is 1.29 bits per heavy atom. The van der Waals surface area contributed by atoms with E-state index < -0.39 is 0 Å². The van der Waals surface area contributed by atoms with Crippen LogP contribution in [0.15, 0.2) is 41.2 Å². The molecule has 0 aliphatic heterocycles. The van der Waals surface area contributed by atoms with E-state index >= 15 is 0 Å². The summed E-state index contributed by atoms with van der Waals surface area (Å²) in [5, 5.41) is 11.1. The lowest BCUT2D eigenvalue weighted by molar-refractivity contribution is 0.101. The topological polar surface area (TPSA) is 85.8 Å². The van der Waals surface area contributed by atoms with Crippen molar-refractivity contribution in [2.75, 3.05) is 5.32 Å². The van der Waals surface area contributed by atoms with Crippen LogP contribution in [-0.2, 0) is 7.05 Å². The third-order valence-corrected chi connectivity index (χ3v) is 4.37. The number of anilines is 1. The smallest absolute Gasteiger partial charge is 0.278 e. The van der Waals surface area contributed by atoms with Crippen molar-refractivity contribution in [3.8, 4) is 11.3 Å². The summed E-state index contributed by atoms with van der Waals surface area (Å²) in [6.07, 6.45) is 6.83. The van der Waals surface area contributed by atoms with Gasteiger partial charge in [-0.1, -0.05) is 11.6 Å². The second-order valence-electron chi connectivity index (χ2n) is 5.97. The first kappa shape index (κ1) is 14.6. The minimum Gasteiger partial charge on any atom is -0.360 e. The molecule has 1 aliphatic rings. The summed E-state index contributed by atoms with van der Waals surface area (Å²) >= 11 is 0. The summed E-state index contributed by atoms with van der Waals surface area (Å²) in [4.78, 5) is 16.4. The first-order valence-electron chi connectivity index (χ1n) is 7.93. The number of pyridine rings is 1. The second kappa shape index (κ2) is 5.92. The van der Waals surface area contributed by atoms with Gasteiger partial charge < -0.3 is 9.84 Å². The van der Waals surface area contributed by atoms with Gasteiger partial charge in [0.25, 0.3) is 5.91 Å². The Kier molecular flexibility index (Phi) is 3.60. The molecular formula is C17H17N5O2. The maximum atomic E-state index is 12.4. The van der Waals surface area contributed by atoms with Crippen molar-refractivity contribution in [3.63, 3.8) is 0 Å². The molecule has 24 heavy (non-hydrogen) atoms. The molecule has 1 N–H and O–H groups in total. The summed E-state index contributed by atoms with van der Waals surface area (Å²) in [5.41, 5.74) is 2.00. The number of carbonyl (C=O) groups is 1. The van der Waals surface area contributed by atoms with Crippen LogP contribution < -0.4 is 5.32 Å². The van der Waals surface area contributed by atoms with Crippen LogP contribution in [-0.4, -0.2) is 25.8 Å². The molecule has 0 saturated heterocycles. The number of aromatic nitrogens is 4. The van der Waals surface area contributed by atoms with E-state index in [9.17, 15) is 4.79 Å². The Balaban J connectivity index is 1.51. The zero-order valence-electron chi connectivity index (χ0n) is 13.3. The highest BCUT2D eigenvalue weighted by Gasteiger charge is 2.25. The van der Waals surface area contributed by atoms with Crippen LogP contribution in [0, 0.1) is 0 Å². The van der Waals surface area contributed by atoms with E-state index in [1.165, 1.54) is 6.42 Å². The molecular weight excluding hydrogens is 306 g/mol. The van der Waals surface area contributed by atoms with Gasteiger partial charge in [0, 0.05) is 43.1 Å². The average Bonchev–Trinajstić information content (AvgIpc) is 3.15. The number of amides is 1. The fourth-order valence-corrected chi connectivity index (χ4v) is 2.71. The molecule has 7 heteroatoms. The lowest BCUT2D eigenvalue weighted by Crippen LogP contribution is -2.15. The molecule has 122 valence electrons. The van der Waals surface area contributed by atoms with E-state index in [1.54, 1.807) is 30.2 Å². The van der Waals surface area contributed by atoms with Crippen molar-refractivity contribution >= 4 is 11.7 Å². The number of aryl methyl sites for hydroxylation is 1. The standard InChI is InChI=1S/C17H17N5O2/c1-22-16(10-13(20-22)11-5-7-18-8-6-11)19-17(23)14-9-15(24-21-14)12-3-2-4-12/h5-10,12H,2-4H2,1H3,(H,19,23). The normalized spacial score (nSPS) is 14.4. The Hall–Kier alpha value is -2.96. The van der Waals surface area contributed by atoms with Gasteiger partial charge in [-0.05, 0) is 25.0 Å². The third kappa shape index (κ3) is 2.68. The van der Waals surface area contributed by atoms with Crippen molar-refractivity contribution < 1.29 is 9.32 Å². The summed E-state index contributed by atoms with van der Waals surface area (Å²) in [7, 11) is 1.78. The molecule has 3 heterocycles. The van der Waals surface area contributed by atoms with Crippen LogP contribution in [0.3, 0.4) is 0 Å². The van der Waals surface area contributed by atoms with Gasteiger partial charge in [-0.25, -0.2) is 0 Å². The van der Waals surface area contributed by atoms with E-state index in [4.69, 9.17) is 4.52 Å². The van der Waals surface area contributed by atoms with Crippen LogP contribution >= 0.6 is 0 Å². The molecule has 3 aromatic rings. The molecule has 0 atom stereocenters. The summed E-state index contributed by atoms with van der Waals surface area (Å²) in [6.45, 7) is 0. The summed E-state index contributed by atoms with van der Waals surface area (Å²) in [5.74, 6) is 1.51. The van der Waals surface area contributed by atoms with Gasteiger partial charge in [0.1, 0.15) is 11.6 Å². The maximum Gasteiger partial charge on any atom is 0.278 e. The molecule has 1 fully saturated rings. The van der Waals surface area contributed by atoms with Gasteiger partial charge in [0.2, 0.25) is 0 Å². The van der Waals surface area contributed by atoms with Crippen LogP contribution in [0.1, 0.15) is 41.4 Å². The number of rotatable bonds is 4. The molecule has 1 aliphatic carbocycles. The van der Waals surface area contributed by atoms with Gasteiger partial charge in [0.05, 0.1) is 5.69 Å². The number of carbonyl (C=O) groups excluding carboxylic acids is 1. The molecule has 0 aromatic carbocycles. The van der Waals surface area contributed by atoms with Crippen molar-refractivity contribution in [2.24, 2.45) is 7.05 Å². The molecule has 0 bridgehead atoms. The van der Waals surface area contributed by atoms with Crippen molar-refractivity contribution in [1.82, 2.24) is 19.9 Å². The van der Waals surface area contributed by atoms with E-state index in [1.807, 2.05) is 18.2 Å². The van der Waals surface area contributed by atoms with Crippen LogP contribution in [0.4, 0.5) is 5.82 Å². The van der Waals surface area contributed by atoms with Gasteiger partial charge in [-0.3, -0.25) is 14.5 Å². The molecule has 0 radical (unpaired) electrons. The monoisotopic (exact) mass is 323 g/mol. The van der Waals surface area contributed by atoms with E-state index in [0.717, 1.165) is 29.9 Å². The van der Waals surface area contributed by atoms with Crippen LogP contribution in [0.2, 0.25) is 0 Å². The lowest BCUT2D eigenvalue weighted by atomic mass is 9.83. The Labute approximate surface area is 138 Å². The van der Waals surface area contributed by atoms with E-state index in [2.05, 4.69) is 20.6 Å². The molecule has 0 unspecified atom stereocenters. The number of nitrogens with one attached hydrogen (secondary N) is 1. The van der Waals surface area contributed by atoms with Gasteiger partial charge in [-0.2, -0.15) is 5.10 Å². The summed E-state index contributed by atoms with van der Waals surface area (Å²) < 4.78 is 6.92. The predicted molar refractivity (Wildman–Crippen MR) is 87.5 cm³/mol. The molecule has 7 nitrogen and oxygen atoms in total. The highest BCUT2D eigenvalue weighted by atomic mass is 16.5. The maximum absolute atomic E-state index is 12.4. The highest BCUT2D eigenvalue weighted by molar-refractivity contribution is 6.02. The van der Waals surface area contributed by atoms with Crippen LogP contribution in [0.25, 0.3) is 11.3 Å². The largest absolute Gasteiger partial charge is 0.360 e. The third-order valence-electron chi connectivity index (χ3n) is 4.37. The van der Waals surface area contributed by atoms with Gasteiger partial charge in [0.15, 0.2) is 5.69 Å². The minimum absolute atomic E-state index is 0.295. The van der Waals surface area contributed by atoms with Crippen molar-refractivity contribution in [2.45, 2.75) is 25.2 Å². The molecule has 1 amide bonds. The average molecular weight is 323 g/mol. The Bertz CT molecular complexity index is 864. The first-order chi connectivity index (χ1) is 11.7. The Morgan fingerprint density at radius 3 is 2.79 bits per heavy atom. The zero-order valence-corrected chi connectivity index (χ0v) is 13.3.